The maximum absolute atomic E-state index is 10.2. The van der Waals surface area contributed by atoms with Crippen LogP contribution in [0, 0.1) is 62.7 Å². The predicted molar refractivity (Wildman–Crippen MR) is 226 cm³/mol. The summed E-state index contributed by atoms with van der Waals surface area (Å²) in [7, 11) is 0. The second-order valence-corrected chi connectivity index (χ2v) is 16.1. The van der Waals surface area contributed by atoms with Crippen molar-refractivity contribution in [1.82, 2.24) is 24.7 Å². The first-order chi connectivity index (χ1) is 28.9. The molecule has 61 heavy (non-hydrogen) atoms. The van der Waals surface area contributed by atoms with Gasteiger partial charge in [-0.2, -0.15) is 32.4 Å². The summed E-state index contributed by atoms with van der Waals surface area (Å²) in [6.45, 7) is 10.9. The molecule has 9 rings (SSSR count). The van der Waals surface area contributed by atoms with E-state index in [1.54, 1.807) is 6.07 Å². The Labute approximate surface area is 366 Å². The molecule has 0 amide bonds. The number of benzene rings is 4. The Hall–Kier alpha value is -7.87. The van der Waals surface area contributed by atoms with Crippen LogP contribution >= 0.6 is 0 Å². The molecular formula is C49H31N11Pt. The zero-order valence-corrected chi connectivity index (χ0v) is 35.7. The molecule has 0 saturated carbocycles. The van der Waals surface area contributed by atoms with Crippen molar-refractivity contribution in [2.45, 2.75) is 45.4 Å². The van der Waals surface area contributed by atoms with Gasteiger partial charge in [-0.25, -0.2) is 9.97 Å². The van der Waals surface area contributed by atoms with E-state index in [0.29, 0.717) is 17.2 Å². The monoisotopic (exact) mass is 968 g/mol. The molecule has 0 saturated heterocycles. The summed E-state index contributed by atoms with van der Waals surface area (Å²) in [5, 5.41) is 60.9. The Balaban J connectivity index is 0.00000514. The van der Waals surface area contributed by atoms with Crippen LogP contribution in [-0.2, 0) is 31.9 Å². The largest absolute Gasteiger partial charge is 2.00 e. The second kappa shape index (κ2) is 14.7. The van der Waals surface area contributed by atoms with Crippen LogP contribution in [0.2, 0.25) is 0 Å². The van der Waals surface area contributed by atoms with Crippen molar-refractivity contribution in [3.05, 3.63) is 148 Å². The summed E-state index contributed by atoms with van der Waals surface area (Å²) in [5.41, 5.74) is 5.67. The van der Waals surface area contributed by atoms with E-state index in [0.717, 1.165) is 55.7 Å². The maximum Gasteiger partial charge on any atom is 2.00 e. The van der Waals surface area contributed by atoms with Gasteiger partial charge in [-0.15, -0.1) is 17.5 Å². The van der Waals surface area contributed by atoms with Crippen LogP contribution in [0.25, 0.3) is 50.3 Å². The summed E-state index contributed by atoms with van der Waals surface area (Å²) >= 11 is 0. The minimum Gasteiger partial charge on any atom is -0.573 e. The molecule has 0 N–H and O–H groups in total. The van der Waals surface area contributed by atoms with Crippen molar-refractivity contribution >= 4 is 39.0 Å². The molecule has 0 radical (unpaired) electrons. The standard InChI is InChI=1S/C49H31N11.Pt/c1-48(2,3)28-18-19-55-45(20-28)60-42-12-8-6-10-30(42)31-15-14-29(21-44(31)60)59-43-13-9-7-11-37(43)49(4,5)38-16-17-39(56-47(38)59)40-22-41(58-57-40)46-35(26-53)33(24-51)32(23-50)34(25-52)36(46)27-54;/h6-20,22H,1-5H3;/q-2;+2. The van der Waals surface area contributed by atoms with Crippen LogP contribution < -0.4 is 10.00 Å². The molecule has 0 atom stereocenters. The van der Waals surface area contributed by atoms with E-state index >= 15 is 0 Å². The van der Waals surface area contributed by atoms with E-state index < -0.39 is 5.41 Å². The Morgan fingerprint density at radius 2 is 1.34 bits per heavy atom. The van der Waals surface area contributed by atoms with Crippen LogP contribution in [0.5, 0.6) is 0 Å². The van der Waals surface area contributed by atoms with Gasteiger partial charge in [-0.3, -0.25) is 0 Å². The molecule has 292 valence electrons. The molecule has 11 nitrogen and oxygen atoms in total. The normalized spacial score (nSPS) is 12.6. The molecule has 8 aromatic rings. The quantitative estimate of drug-likeness (QED) is 0.154. The van der Waals surface area contributed by atoms with E-state index in [-0.39, 0.29) is 65.6 Å². The van der Waals surface area contributed by atoms with Gasteiger partial charge in [0, 0.05) is 33.9 Å². The van der Waals surface area contributed by atoms with Gasteiger partial charge in [0.2, 0.25) is 0 Å². The van der Waals surface area contributed by atoms with E-state index in [9.17, 15) is 26.3 Å². The first-order valence-electron chi connectivity index (χ1n) is 19.0. The average Bonchev–Trinajstić information content (AvgIpc) is 3.88. The molecule has 0 bridgehead atoms. The number of fused-ring (bicyclic) bond motifs is 5. The third kappa shape index (κ3) is 6.05. The van der Waals surface area contributed by atoms with E-state index in [1.807, 2.05) is 72.9 Å². The first kappa shape index (κ1) is 39.9. The van der Waals surface area contributed by atoms with Crippen molar-refractivity contribution in [3.8, 4) is 58.8 Å². The zero-order valence-electron chi connectivity index (χ0n) is 33.5. The minimum atomic E-state index is -0.458. The van der Waals surface area contributed by atoms with Gasteiger partial charge >= 0.3 is 21.1 Å². The molecule has 1 aliphatic rings. The van der Waals surface area contributed by atoms with Gasteiger partial charge in [0.25, 0.3) is 0 Å². The summed E-state index contributed by atoms with van der Waals surface area (Å²) in [6.07, 6.45) is 1.86. The Kier molecular flexibility index (Phi) is 9.65. The molecule has 4 aromatic carbocycles. The molecule has 12 heteroatoms. The fourth-order valence-electron chi connectivity index (χ4n) is 8.31. The summed E-state index contributed by atoms with van der Waals surface area (Å²) < 4.78 is 2.17. The molecule has 4 aromatic heterocycles. The fourth-order valence-corrected chi connectivity index (χ4v) is 8.31. The number of hydrogen-bond acceptors (Lipinski definition) is 9. The number of anilines is 3. The van der Waals surface area contributed by atoms with Crippen LogP contribution in [0.3, 0.4) is 0 Å². The molecular weight excluding hydrogens is 938 g/mol. The summed E-state index contributed by atoms with van der Waals surface area (Å²) in [6, 6.07) is 43.6. The van der Waals surface area contributed by atoms with Crippen LogP contribution in [0.1, 0.15) is 79.1 Å². The van der Waals surface area contributed by atoms with Crippen LogP contribution in [-0.4, -0.2) is 19.6 Å². The van der Waals surface area contributed by atoms with Gasteiger partial charge < -0.3 is 19.7 Å². The topological polar surface area (TPSA) is 180 Å². The third-order valence-corrected chi connectivity index (χ3v) is 11.3. The molecule has 0 aliphatic carbocycles. The van der Waals surface area contributed by atoms with Crippen molar-refractivity contribution in [2.24, 2.45) is 0 Å². The molecule has 0 fully saturated rings. The van der Waals surface area contributed by atoms with Gasteiger partial charge in [0.15, 0.2) is 0 Å². The number of nitrogens with zero attached hydrogens (tertiary/aromatic N) is 11. The fraction of sp³-hybridized carbons (Fsp3) is 0.143. The summed E-state index contributed by atoms with van der Waals surface area (Å²) in [4.78, 5) is 12.3. The number of rotatable bonds is 4. The average molecular weight is 969 g/mol. The predicted octanol–water partition coefficient (Wildman–Crippen LogP) is 9.82. The van der Waals surface area contributed by atoms with E-state index in [1.165, 1.54) is 0 Å². The smallest absolute Gasteiger partial charge is 0.573 e. The van der Waals surface area contributed by atoms with Crippen molar-refractivity contribution in [1.29, 1.82) is 26.3 Å². The Morgan fingerprint density at radius 1 is 0.689 bits per heavy atom. The van der Waals surface area contributed by atoms with Crippen LogP contribution in [0.15, 0.2) is 97.2 Å². The van der Waals surface area contributed by atoms with Crippen molar-refractivity contribution in [3.63, 3.8) is 0 Å². The molecule has 0 unspecified atom stereocenters. The van der Waals surface area contributed by atoms with E-state index in [2.05, 4.69) is 109 Å². The number of hydrogen-bond donors (Lipinski definition) is 0. The third-order valence-electron chi connectivity index (χ3n) is 11.3. The van der Waals surface area contributed by atoms with E-state index in [4.69, 9.17) is 9.97 Å². The number of nitriles is 5. The summed E-state index contributed by atoms with van der Waals surface area (Å²) in [5.74, 6) is 1.44. The number of aromatic nitrogens is 5. The Bertz CT molecular complexity index is 3310. The van der Waals surface area contributed by atoms with Gasteiger partial charge in [-0.05, 0) is 58.3 Å². The van der Waals surface area contributed by atoms with Gasteiger partial charge in [0.05, 0.1) is 39.2 Å². The first-order valence-corrected chi connectivity index (χ1v) is 19.0. The van der Waals surface area contributed by atoms with Crippen molar-refractivity contribution < 1.29 is 21.1 Å². The molecule has 5 heterocycles. The maximum atomic E-state index is 10.2. The second-order valence-electron chi connectivity index (χ2n) is 16.1. The molecule has 1 aliphatic heterocycles. The minimum absolute atomic E-state index is 0. The SMILES string of the molecule is CC(C)(C)c1ccnc(-n2c3[c-]c(N4c5ccccc5C(C)(C)c5ccc(-c6cc(-c7c(C#N)c(C#N)c(C#N)c(C#N)c7C#N)n[n-]6)nc54)ccc3c3ccccc32)c1.[Pt+2]. The van der Waals surface area contributed by atoms with Crippen molar-refractivity contribution in [2.75, 3.05) is 4.90 Å². The van der Waals surface area contributed by atoms with Gasteiger partial charge in [0.1, 0.15) is 42.0 Å². The number of para-hydroxylation sites is 2. The van der Waals surface area contributed by atoms with Gasteiger partial charge in [-0.1, -0.05) is 94.0 Å². The Morgan fingerprint density at radius 3 is 2.03 bits per heavy atom. The number of pyridine rings is 2. The zero-order chi connectivity index (χ0) is 42.1. The molecule has 0 spiro atoms. The van der Waals surface area contributed by atoms with Crippen LogP contribution in [0.4, 0.5) is 17.2 Å².